The van der Waals surface area contributed by atoms with Gasteiger partial charge in [-0.15, -0.1) is 0 Å². The molecule has 1 aliphatic rings. The number of urea groups is 1. The minimum absolute atomic E-state index is 0.00237. The van der Waals surface area contributed by atoms with Crippen LogP contribution in [0.25, 0.3) is 11.0 Å². The third-order valence-electron chi connectivity index (χ3n) is 3.68. The smallest absolute Gasteiger partial charge is 0.321 e. The molecular formula is C17H18N2O5. The Morgan fingerprint density at radius 1 is 1.29 bits per heavy atom. The zero-order valence-electron chi connectivity index (χ0n) is 13.3. The van der Waals surface area contributed by atoms with Crippen molar-refractivity contribution in [1.29, 1.82) is 0 Å². The van der Waals surface area contributed by atoms with Gasteiger partial charge in [0.25, 0.3) is 5.91 Å². The van der Waals surface area contributed by atoms with Gasteiger partial charge in [-0.2, -0.15) is 0 Å². The highest BCUT2D eigenvalue weighted by molar-refractivity contribution is 5.96. The van der Waals surface area contributed by atoms with Gasteiger partial charge in [-0.25, -0.2) is 4.79 Å². The van der Waals surface area contributed by atoms with E-state index < -0.39 is 24.5 Å². The average Bonchev–Trinajstić information content (AvgIpc) is 3.25. The SMILES string of the molecule is Cc1ccc2c(CC(=O)OCC(=O)NC(=O)NC3CC3)coc2c1. The monoisotopic (exact) mass is 330 g/mol. The second-order valence-electron chi connectivity index (χ2n) is 5.89. The first-order chi connectivity index (χ1) is 11.5. The second kappa shape index (κ2) is 6.74. The minimum Gasteiger partial charge on any atom is -0.464 e. The van der Waals surface area contributed by atoms with Crippen LogP contribution in [0.15, 0.2) is 28.9 Å². The number of esters is 1. The first-order valence-corrected chi connectivity index (χ1v) is 7.74. The van der Waals surface area contributed by atoms with E-state index >= 15 is 0 Å². The van der Waals surface area contributed by atoms with E-state index in [0.717, 1.165) is 23.8 Å². The summed E-state index contributed by atoms with van der Waals surface area (Å²) in [4.78, 5) is 34.8. The van der Waals surface area contributed by atoms with Crippen molar-refractivity contribution in [2.45, 2.75) is 32.2 Å². The van der Waals surface area contributed by atoms with Crippen molar-refractivity contribution in [2.24, 2.45) is 0 Å². The molecule has 126 valence electrons. The average molecular weight is 330 g/mol. The van der Waals surface area contributed by atoms with Gasteiger partial charge in [0.15, 0.2) is 6.61 Å². The van der Waals surface area contributed by atoms with Gasteiger partial charge in [0.05, 0.1) is 12.7 Å². The molecule has 0 bridgehead atoms. The molecule has 0 spiro atoms. The molecule has 2 aromatic rings. The van der Waals surface area contributed by atoms with E-state index in [0.29, 0.717) is 11.1 Å². The summed E-state index contributed by atoms with van der Waals surface area (Å²) in [7, 11) is 0. The van der Waals surface area contributed by atoms with Gasteiger partial charge in [-0.1, -0.05) is 12.1 Å². The minimum atomic E-state index is -0.658. The van der Waals surface area contributed by atoms with E-state index in [1.165, 1.54) is 6.26 Å². The highest BCUT2D eigenvalue weighted by atomic mass is 16.5. The molecule has 0 radical (unpaired) electrons. The first-order valence-electron chi connectivity index (χ1n) is 7.74. The maximum absolute atomic E-state index is 11.9. The lowest BCUT2D eigenvalue weighted by molar-refractivity contribution is -0.147. The number of rotatable bonds is 5. The number of furan rings is 1. The van der Waals surface area contributed by atoms with Crippen LogP contribution in [-0.4, -0.2) is 30.6 Å². The van der Waals surface area contributed by atoms with Crippen LogP contribution in [0.3, 0.4) is 0 Å². The predicted octanol–water partition coefficient (Wildman–Crippen LogP) is 1.82. The van der Waals surface area contributed by atoms with Crippen molar-refractivity contribution in [3.8, 4) is 0 Å². The molecule has 7 heteroatoms. The van der Waals surface area contributed by atoms with Gasteiger partial charge in [0, 0.05) is 17.0 Å². The molecule has 3 amide bonds. The number of imide groups is 1. The van der Waals surface area contributed by atoms with Gasteiger partial charge >= 0.3 is 12.0 Å². The number of amides is 3. The summed E-state index contributed by atoms with van der Waals surface area (Å²) in [6.07, 6.45) is 3.36. The zero-order chi connectivity index (χ0) is 17.1. The van der Waals surface area contributed by atoms with Gasteiger partial charge in [-0.05, 0) is 31.4 Å². The Labute approximate surface area is 138 Å². The van der Waals surface area contributed by atoms with Gasteiger partial charge in [0.1, 0.15) is 5.58 Å². The predicted molar refractivity (Wildman–Crippen MR) is 85.3 cm³/mol. The van der Waals surface area contributed by atoms with Crippen molar-refractivity contribution in [1.82, 2.24) is 10.6 Å². The number of benzene rings is 1. The molecule has 1 aromatic carbocycles. The molecule has 0 saturated heterocycles. The Morgan fingerprint density at radius 2 is 2.08 bits per heavy atom. The van der Waals surface area contributed by atoms with E-state index in [1.807, 2.05) is 25.1 Å². The van der Waals surface area contributed by atoms with Crippen molar-refractivity contribution in [2.75, 3.05) is 6.61 Å². The third-order valence-corrected chi connectivity index (χ3v) is 3.68. The van der Waals surface area contributed by atoms with E-state index in [4.69, 9.17) is 9.15 Å². The van der Waals surface area contributed by atoms with Gasteiger partial charge in [0.2, 0.25) is 0 Å². The summed E-state index contributed by atoms with van der Waals surface area (Å²) < 4.78 is 10.3. The maximum Gasteiger partial charge on any atom is 0.321 e. The topological polar surface area (TPSA) is 97.6 Å². The van der Waals surface area contributed by atoms with Crippen LogP contribution in [-0.2, 0) is 20.7 Å². The Hall–Kier alpha value is -2.83. The Bertz CT molecular complexity index is 791. The quantitative estimate of drug-likeness (QED) is 0.815. The van der Waals surface area contributed by atoms with Crippen molar-refractivity contribution in [3.63, 3.8) is 0 Å². The lowest BCUT2D eigenvalue weighted by Gasteiger charge is -2.06. The largest absolute Gasteiger partial charge is 0.464 e. The summed E-state index contributed by atoms with van der Waals surface area (Å²) in [5.74, 6) is -1.22. The molecule has 2 N–H and O–H groups in total. The summed E-state index contributed by atoms with van der Waals surface area (Å²) in [6.45, 7) is 1.46. The fourth-order valence-electron chi connectivity index (χ4n) is 2.29. The number of carbonyl (C=O) groups excluding carboxylic acids is 3. The molecule has 3 rings (SSSR count). The van der Waals surface area contributed by atoms with Crippen LogP contribution >= 0.6 is 0 Å². The molecule has 0 atom stereocenters. The Balaban J connectivity index is 1.47. The van der Waals surface area contributed by atoms with Crippen LogP contribution < -0.4 is 10.6 Å². The molecular weight excluding hydrogens is 312 g/mol. The maximum atomic E-state index is 11.9. The lowest BCUT2D eigenvalue weighted by atomic mass is 10.1. The summed E-state index contributed by atoms with van der Waals surface area (Å²) in [5.41, 5.74) is 2.46. The number of ether oxygens (including phenoxy) is 1. The highest BCUT2D eigenvalue weighted by Gasteiger charge is 2.24. The second-order valence-corrected chi connectivity index (χ2v) is 5.89. The van der Waals surface area contributed by atoms with Gasteiger partial charge in [-0.3, -0.25) is 14.9 Å². The van der Waals surface area contributed by atoms with Crippen LogP contribution in [0.2, 0.25) is 0 Å². The fraction of sp³-hybridized carbons (Fsp3) is 0.353. The Kier molecular flexibility index (Phi) is 4.50. The summed E-state index contributed by atoms with van der Waals surface area (Å²) in [6, 6.07) is 5.29. The van der Waals surface area contributed by atoms with Crippen molar-refractivity contribution in [3.05, 3.63) is 35.6 Å². The Morgan fingerprint density at radius 3 is 2.83 bits per heavy atom. The number of nitrogens with one attached hydrogen (secondary N) is 2. The normalized spacial score (nSPS) is 13.5. The molecule has 1 saturated carbocycles. The number of fused-ring (bicyclic) bond motifs is 1. The number of hydrogen-bond acceptors (Lipinski definition) is 5. The van der Waals surface area contributed by atoms with Crippen LogP contribution in [0.5, 0.6) is 0 Å². The van der Waals surface area contributed by atoms with Crippen LogP contribution in [0.4, 0.5) is 4.79 Å². The number of hydrogen-bond donors (Lipinski definition) is 2. The molecule has 0 unspecified atom stereocenters. The van der Waals surface area contributed by atoms with Gasteiger partial charge < -0.3 is 14.5 Å². The molecule has 0 aliphatic heterocycles. The van der Waals surface area contributed by atoms with Crippen LogP contribution in [0, 0.1) is 6.92 Å². The third kappa shape index (κ3) is 4.13. The standard InChI is InChI=1S/C17H18N2O5/c1-10-2-5-13-11(8-23-14(13)6-10)7-16(21)24-9-15(20)19-17(22)18-12-3-4-12/h2,5-6,8,12H,3-4,7,9H2,1H3,(H2,18,19,20,22). The summed E-state index contributed by atoms with van der Waals surface area (Å²) >= 11 is 0. The number of carbonyl (C=O) groups is 3. The highest BCUT2D eigenvalue weighted by Crippen LogP contribution is 2.23. The van der Waals surface area contributed by atoms with E-state index in [1.54, 1.807) is 0 Å². The molecule has 1 fully saturated rings. The lowest BCUT2D eigenvalue weighted by Crippen LogP contribution is -2.42. The molecule has 1 aromatic heterocycles. The molecule has 1 aliphatic carbocycles. The number of aryl methyl sites for hydroxylation is 1. The van der Waals surface area contributed by atoms with E-state index in [-0.39, 0.29) is 12.5 Å². The van der Waals surface area contributed by atoms with E-state index in [2.05, 4.69) is 10.6 Å². The molecule has 7 nitrogen and oxygen atoms in total. The fourth-order valence-corrected chi connectivity index (χ4v) is 2.29. The summed E-state index contributed by atoms with van der Waals surface area (Å²) in [5, 5.41) is 5.56. The van der Waals surface area contributed by atoms with Crippen molar-refractivity contribution < 1.29 is 23.5 Å². The zero-order valence-corrected chi connectivity index (χ0v) is 13.3. The van der Waals surface area contributed by atoms with E-state index in [9.17, 15) is 14.4 Å². The van der Waals surface area contributed by atoms with Crippen molar-refractivity contribution >= 4 is 28.9 Å². The molecule has 1 heterocycles. The van der Waals surface area contributed by atoms with Crippen LogP contribution in [0.1, 0.15) is 24.0 Å². The first kappa shape index (κ1) is 16.0. The molecule has 24 heavy (non-hydrogen) atoms.